The summed E-state index contributed by atoms with van der Waals surface area (Å²) in [5.41, 5.74) is 1.00. The highest BCUT2D eigenvalue weighted by molar-refractivity contribution is 9.09. The fourth-order valence-corrected chi connectivity index (χ4v) is 3.53. The molecule has 0 aliphatic carbocycles. The van der Waals surface area contributed by atoms with Gasteiger partial charge in [0.2, 0.25) is 0 Å². The highest BCUT2D eigenvalue weighted by Gasteiger charge is 2.36. The summed E-state index contributed by atoms with van der Waals surface area (Å²) < 4.78 is 5.69. The molecule has 1 aliphatic heterocycles. The third-order valence-corrected chi connectivity index (χ3v) is 5.54. The third-order valence-electron chi connectivity index (χ3n) is 4.35. The van der Waals surface area contributed by atoms with Gasteiger partial charge in [-0.25, -0.2) is 0 Å². The second kappa shape index (κ2) is 6.17. The number of fused-ring (bicyclic) bond motifs is 1. The van der Waals surface area contributed by atoms with E-state index >= 15 is 0 Å². The van der Waals surface area contributed by atoms with Gasteiger partial charge in [-0.3, -0.25) is 4.79 Å². The summed E-state index contributed by atoms with van der Waals surface area (Å²) >= 11 is 3.63. The first-order chi connectivity index (χ1) is 9.56. The molecule has 0 bridgehead atoms. The van der Waals surface area contributed by atoms with Crippen molar-refractivity contribution < 1.29 is 9.53 Å². The lowest BCUT2D eigenvalue weighted by atomic mass is 9.83. The minimum Gasteiger partial charge on any atom is -0.479 e. The number of hydrogen-bond acceptors (Lipinski definition) is 2. The summed E-state index contributed by atoms with van der Waals surface area (Å²) in [6, 6.07) is 7.78. The lowest BCUT2D eigenvalue weighted by Crippen LogP contribution is -2.49. The molecule has 1 heterocycles. The summed E-state index contributed by atoms with van der Waals surface area (Å²) in [7, 11) is 0. The fraction of sp³-hybridized carbons (Fsp3) is 0.562. The van der Waals surface area contributed by atoms with Crippen LogP contribution >= 0.6 is 15.9 Å². The van der Waals surface area contributed by atoms with Gasteiger partial charge in [0.15, 0.2) is 6.10 Å². The Labute approximate surface area is 129 Å². The number of halogens is 1. The topological polar surface area (TPSA) is 29.5 Å². The Morgan fingerprint density at radius 3 is 2.55 bits per heavy atom. The number of benzene rings is 1. The smallest absolute Gasteiger partial charge is 0.267 e. The number of carbonyl (C=O) groups excluding carboxylic acids is 1. The van der Waals surface area contributed by atoms with E-state index in [0.29, 0.717) is 0 Å². The van der Waals surface area contributed by atoms with Gasteiger partial charge in [0, 0.05) is 11.9 Å². The van der Waals surface area contributed by atoms with Crippen molar-refractivity contribution in [1.29, 1.82) is 0 Å². The molecule has 1 aromatic carbocycles. The fourth-order valence-electron chi connectivity index (χ4n) is 2.56. The Kier molecular flexibility index (Phi) is 4.74. The largest absolute Gasteiger partial charge is 0.479 e. The Hall–Kier alpha value is -1.03. The number of amides is 1. The van der Waals surface area contributed by atoms with Crippen LogP contribution in [0, 0.1) is 5.41 Å². The molecule has 0 saturated heterocycles. The number of ether oxygens (including phenoxy) is 1. The molecule has 2 rings (SSSR count). The summed E-state index contributed by atoms with van der Waals surface area (Å²) in [5, 5.41) is 0.897. The van der Waals surface area contributed by atoms with Crippen molar-refractivity contribution >= 4 is 27.5 Å². The number of alkyl halides is 1. The van der Waals surface area contributed by atoms with Gasteiger partial charge in [-0.1, -0.05) is 41.9 Å². The van der Waals surface area contributed by atoms with Gasteiger partial charge >= 0.3 is 0 Å². The normalized spacial score (nSPS) is 18.7. The van der Waals surface area contributed by atoms with Crippen molar-refractivity contribution in [3.8, 4) is 5.75 Å². The molecule has 1 aliphatic rings. The predicted octanol–water partition coefficient (Wildman–Crippen LogP) is 4.00. The quantitative estimate of drug-likeness (QED) is 0.758. The van der Waals surface area contributed by atoms with Crippen LogP contribution in [0.15, 0.2) is 24.3 Å². The Morgan fingerprint density at radius 2 is 1.95 bits per heavy atom. The number of anilines is 1. The average Bonchev–Trinajstić information content (AvgIpc) is 2.49. The molecule has 1 aromatic rings. The first-order valence-electron chi connectivity index (χ1n) is 7.20. The SMILES string of the molecule is CCC(CC)(CBr)CN1C(=O)C(C)Oc2ccccc21. The standard InChI is InChI=1S/C16H22BrNO2/c1-4-16(5-2,10-17)11-18-13-8-6-7-9-14(13)20-12(3)15(18)19/h6-9,12H,4-5,10-11H2,1-3H3. The highest BCUT2D eigenvalue weighted by Crippen LogP contribution is 2.38. The van der Waals surface area contributed by atoms with E-state index in [2.05, 4.69) is 29.8 Å². The number of nitrogens with zero attached hydrogens (tertiary/aromatic N) is 1. The molecule has 0 N–H and O–H groups in total. The van der Waals surface area contributed by atoms with E-state index in [9.17, 15) is 4.79 Å². The van der Waals surface area contributed by atoms with Crippen LogP contribution in [0.5, 0.6) is 5.75 Å². The molecule has 1 amide bonds. The summed E-state index contributed by atoms with van der Waals surface area (Å²) in [5.74, 6) is 0.853. The van der Waals surface area contributed by atoms with Crippen LogP contribution in [0.25, 0.3) is 0 Å². The zero-order chi connectivity index (χ0) is 14.8. The van der Waals surface area contributed by atoms with Crippen molar-refractivity contribution in [2.24, 2.45) is 5.41 Å². The maximum absolute atomic E-state index is 12.5. The van der Waals surface area contributed by atoms with Crippen LogP contribution in [-0.2, 0) is 4.79 Å². The van der Waals surface area contributed by atoms with Gasteiger partial charge < -0.3 is 9.64 Å². The molecule has 0 saturated carbocycles. The van der Waals surface area contributed by atoms with Gasteiger partial charge in [-0.2, -0.15) is 0 Å². The van der Waals surface area contributed by atoms with E-state index in [0.717, 1.165) is 36.2 Å². The Balaban J connectivity index is 2.37. The molecule has 4 heteroatoms. The molecule has 0 aromatic heterocycles. The van der Waals surface area contributed by atoms with Gasteiger partial charge in [0.05, 0.1) is 5.69 Å². The van der Waals surface area contributed by atoms with Crippen LogP contribution in [0.3, 0.4) is 0 Å². The van der Waals surface area contributed by atoms with Gasteiger partial charge in [0.1, 0.15) is 5.75 Å². The minimum absolute atomic E-state index is 0.0518. The second-order valence-electron chi connectivity index (χ2n) is 5.49. The monoisotopic (exact) mass is 339 g/mol. The molecule has 0 radical (unpaired) electrons. The zero-order valence-electron chi connectivity index (χ0n) is 12.4. The summed E-state index contributed by atoms with van der Waals surface area (Å²) in [4.78, 5) is 14.4. The van der Waals surface area contributed by atoms with E-state index < -0.39 is 6.10 Å². The maximum atomic E-state index is 12.5. The molecular formula is C16H22BrNO2. The van der Waals surface area contributed by atoms with Crippen LogP contribution in [-0.4, -0.2) is 23.9 Å². The third kappa shape index (κ3) is 2.71. The van der Waals surface area contributed by atoms with Crippen LogP contribution in [0.1, 0.15) is 33.6 Å². The van der Waals surface area contributed by atoms with E-state index in [-0.39, 0.29) is 11.3 Å². The maximum Gasteiger partial charge on any atom is 0.267 e. The number of hydrogen-bond donors (Lipinski definition) is 0. The van der Waals surface area contributed by atoms with E-state index in [1.165, 1.54) is 0 Å². The zero-order valence-corrected chi connectivity index (χ0v) is 13.9. The summed E-state index contributed by atoms with van der Waals surface area (Å²) in [6.07, 6.45) is 1.66. The molecular weight excluding hydrogens is 318 g/mol. The van der Waals surface area contributed by atoms with E-state index in [1.54, 1.807) is 0 Å². The lowest BCUT2D eigenvalue weighted by Gasteiger charge is -2.40. The van der Waals surface area contributed by atoms with Crippen LogP contribution < -0.4 is 9.64 Å². The number of carbonyl (C=O) groups is 1. The molecule has 110 valence electrons. The molecule has 1 unspecified atom stereocenters. The second-order valence-corrected chi connectivity index (χ2v) is 6.05. The van der Waals surface area contributed by atoms with Gasteiger partial charge in [0.25, 0.3) is 5.91 Å². The van der Waals surface area contributed by atoms with Crippen LogP contribution in [0.2, 0.25) is 0 Å². The van der Waals surface area contributed by atoms with Crippen molar-refractivity contribution in [2.45, 2.75) is 39.7 Å². The van der Waals surface area contributed by atoms with E-state index in [4.69, 9.17) is 4.74 Å². The minimum atomic E-state index is -0.411. The Bertz CT molecular complexity index is 477. The van der Waals surface area contributed by atoms with Crippen molar-refractivity contribution in [2.75, 3.05) is 16.8 Å². The molecule has 1 atom stereocenters. The first kappa shape index (κ1) is 15.4. The molecule has 0 spiro atoms. The van der Waals surface area contributed by atoms with Crippen LogP contribution in [0.4, 0.5) is 5.69 Å². The average molecular weight is 340 g/mol. The molecule has 0 fully saturated rings. The Morgan fingerprint density at radius 1 is 1.30 bits per heavy atom. The lowest BCUT2D eigenvalue weighted by molar-refractivity contribution is -0.126. The molecule has 20 heavy (non-hydrogen) atoms. The predicted molar refractivity (Wildman–Crippen MR) is 85.7 cm³/mol. The van der Waals surface area contributed by atoms with Gasteiger partial charge in [-0.15, -0.1) is 0 Å². The first-order valence-corrected chi connectivity index (χ1v) is 8.32. The van der Waals surface area contributed by atoms with Gasteiger partial charge in [-0.05, 0) is 37.3 Å². The van der Waals surface area contributed by atoms with Crippen molar-refractivity contribution in [1.82, 2.24) is 0 Å². The highest BCUT2D eigenvalue weighted by atomic mass is 79.9. The summed E-state index contributed by atoms with van der Waals surface area (Å²) in [6.45, 7) is 6.92. The molecule has 3 nitrogen and oxygen atoms in total. The number of para-hydroxylation sites is 2. The van der Waals surface area contributed by atoms with E-state index in [1.807, 2.05) is 36.1 Å². The number of rotatable bonds is 5. The van der Waals surface area contributed by atoms with Crippen molar-refractivity contribution in [3.63, 3.8) is 0 Å². The van der Waals surface area contributed by atoms with Crippen molar-refractivity contribution in [3.05, 3.63) is 24.3 Å².